The van der Waals surface area contributed by atoms with Gasteiger partial charge < -0.3 is 20.5 Å². The van der Waals surface area contributed by atoms with E-state index in [4.69, 9.17) is 26.8 Å². The molecule has 0 bridgehead atoms. The lowest BCUT2D eigenvalue weighted by Gasteiger charge is -2.23. The Labute approximate surface area is 119 Å². The SMILES string of the molecule is NCC(NCC(F)(F)F)c1cc(Cl)c2c(c1)OCCO2. The summed E-state index contributed by atoms with van der Waals surface area (Å²) in [7, 11) is 0. The van der Waals surface area contributed by atoms with E-state index in [1.54, 1.807) is 6.07 Å². The third kappa shape index (κ3) is 3.68. The average Bonchev–Trinajstić information content (AvgIpc) is 2.38. The zero-order valence-electron chi connectivity index (χ0n) is 10.5. The Hall–Kier alpha value is -1.18. The van der Waals surface area contributed by atoms with Crippen LogP contribution in [0.3, 0.4) is 0 Å². The van der Waals surface area contributed by atoms with Crippen molar-refractivity contribution in [2.45, 2.75) is 12.2 Å². The first-order chi connectivity index (χ1) is 9.40. The monoisotopic (exact) mass is 310 g/mol. The van der Waals surface area contributed by atoms with Gasteiger partial charge >= 0.3 is 6.18 Å². The minimum absolute atomic E-state index is 0.00600. The maximum absolute atomic E-state index is 12.2. The van der Waals surface area contributed by atoms with Crippen molar-refractivity contribution in [1.29, 1.82) is 0 Å². The van der Waals surface area contributed by atoms with Crippen LogP contribution in [-0.4, -0.2) is 32.5 Å². The van der Waals surface area contributed by atoms with Crippen molar-refractivity contribution >= 4 is 11.6 Å². The van der Waals surface area contributed by atoms with Crippen LogP contribution in [0.4, 0.5) is 13.2 Å². The third-order valence-electron chi connectivity index (χ3n) is 2.81. The molecule has 0 spiro atoms. The smallest absolute Gasteiger partial charge is 0.401 e. The van der Waals surface area contributed by atoms with Gasteiger partial charge in [0, 0.05) is 12.6 Å². The van der Waals surface area contributed by atoms with Crippen molar-refractivity contribution in [3.05, 3.63) is 22.7 Å². The summed E-state index contributed by atoms with van der Waals surface area (Å²) in [6.45, 7) is -0.359. The van der Waals surface area contributed by atoms with Crippen molar-refractivity contribution in [3.8, 4) is 11.5 Å². The largest absolute Gasteiger partial charge is 0.486 e. The van der Waals surface area contributed by atoms with Crippen LogP contribution in [0.25, 0.3) is 0 Å². The Morgan fingerprint density at radius 3 is 2.65 bits per heavy atom. The van der Waals surface area contributed by atoms with Gasteiger partial charge in [-0.2, -0.15) is 13.2 Å². The molecular weight excluding hydrogens is 297 g/mol. The second kappa shape index (κ2) is 6.07. The summed E-state index contributed by atoms with van der Waals surface area (Å²) < 4.78 is 47.5. The van der Waals surface area contributed by atoms with E-state index in [-0.39, 0.29) is 6.54 Å². The van der Waals surface area contributed by atoms with E-state index in [2.05, 4.69) is 5.32 Å². The maximum Gasteiger partial charge on any atom is 0.401 e. The molecule has 8 heteroatoms. The van der Waals surface area contributed by atoms with E-state index in [1.165, 1.54) is 6.07 Å². The molecule has 20 heavy (non-hydrogen) atoms. The van der Waals surface area contributed by atoms with Gasteiger partial charge in [-0.3, -0.25) is 0 Å². The van der Waals surface area contributed by atoms with Gasteiger partial charge in [0.2, 0.25) is 0 Å². The van der Waals surface area contributed by atoms with Crippen LogP contribution in [0.2, 0.25) is 5.02 Å². The molecule has 1 heterocycles. The Balaban J connectivity index is 2.19. The molecule has 1 unspecified atom stereocenters. The molecule has 0 saturated carbocycles. The summed E-state index contributed by atoms with van der Waals surface area (Å²) >= 11 is 6.04. The van der Waals surface area contributed by atoms with E-state index >= 15 is 0 Å². The average molecular weight is 311 g/mol. The van der Waals surface area contributed by atoms with E-state index in [9.17, 15) is 13.2 Å². The van der Waals surface area contributed by atoms with Crippen LogP contribution in [-0.2, 0) is 0 Å². The Kier molecular flexibility index (Phi) is 4.62. The second-order valence-electron chi connectivity index (χ2n) is 4.31. The molecule has 1 aliphatic rings. The fraction of sp³-hybridized carbons (Fsp3) is 0.500. The molecule has 3 N–H and O–H groups in total. The number of hydrogen-bond donors (Lipinski definition) is 2. The van der Waals surface area contributed by atoms with Crippen molar-refractivity contribution in [2.75, 3.05) is 26.3 Å². The van der Waals surface area contributed by atoms with Gasteiger partial charge in [0.05, 0.1) is 11.6 Å². The van der Waals surface area contributed by atoms with Crippen LogP contribution >= 0.6 is 11.6 Å². The highest BCUT2D eigenvalue weighted by Gasteiger charge is 2.29. The highest BCUT2D eigenvalue weighted by atomic mass is 35.5. The molecule has 4 nitrogen and oxygen atoms in total. The normalized spacial score (nSPS) is 16.1. The Morgan fingerprint density at radius 1 is 1.30 bits per heavy atom. The van der Waals surface area contributed by atoms with E-state index < -0.39 is 18.8 Å². The van der Waals surface area contributed by atoms with Crippen molar-refractivity contribution < 1.29 is 22.6 Å². The van der Waals surface area contributed by atoms with Gasteiger partial charge in [0.25, 0.3) is 0 Å². The fourth-order valence-electron chi connectivity index (χ4n) is 1.91. The van der Waals surface area contributed by atoms with Gasteiger partial charge in [0.15, 0.2) is 11.5 Å². The third-order valence-corrected chi connectivity index (χ3v) is 3.09. The van der Waals surface area contributed by atoms with Crippen molar-refractivity contribution in [2.24, 2.45) is 5.73 Å². The molecule has 112 valence electrons. The number of nitrogens with two attached hydrogens (primary N) is 1. The van der Waals surface area contributed by atoms with Crippen LogP contribution in [0, 0.1) is 0 Å². The van der Waals surface area contributed by atoms with Gasteiger partial charge in [-0.1, -0.05) is 11.6 Å². The number of ether oxygens (including phenoxy) is 2. The number of hydrogen-bond acceptors (Lipinski definition) is 4. The minimum atomic E-state index is -4.30. The fourth-order valence-corrected chi connectivity index (χ4v) is 2.18. The molecule has 1 aromatic rings. The highest BCUT2D eigenvalue weighted by Crippen LogP contribution is 2.39. The summed E-state index contributed by atoms with van der Waals surface area (Å²) in [6, 6.07) is 2.47. The molecule has 0 aromatic heterocycles. The molecule has 0 fully saturated rings. The quantitative estimate of drug-likeness (QED) is 0.896. The standard InChI is InChI=1S/C12H14ClF3N2O2/c13-8-3-7(4-10-11(8)20-2-1-19-10)9(5-17)18-6-12(14,15)16/h3-4,9,18H,1-2,5-6,17H2. The number of halogens is 4. The zero-order chi connectivity index (χ0) is 14.8. The zero-order valence-corrected chi connectivity index (χ0v) is 11.2. The van der Waals surface area contributed by atoms with Crippen molar-refractivity contribution in [1.82, 2.24) is 5.32 Å². The van der Waals surface area contributed by atoms with Gasteiger partial charge in [0.1, 0.15) is 13.2 Å². The lowest BCUT2D eigenvalue weighted by Crippen LogP contribution is -2.35. The molecule has 2 rings (SSSR count). The molecule has 0 radical (unpaired) electrons. The van der Waals surface area contributed by atoms with E-state index in [1.807, 2.05) is 0 Å². The topological polar surface area (TPSA) is 56.5 Å². The number of fused-ring (bicyclic) bond motifs is 1. The molecular formula is C12H14ClF3N2O2. The Bertz CT molecular complexity index is 483. The molecule has 1 atom stereocenters. The molecule has 0 saturated heterocycles. The Morgan fingerprint density at radius 2 is 2.00 bits per heavy atom. The molecule has 0 aliphatic carbocycles. The summed E-state index contributed by atoms with van der Waals surface area (Å²) in [4.78, 5) is 0. The molecule has 0 amide bonds. The summed E-state index contributed by atoms with van der Waals surface area (Å²) in [5.74, 6) is 0.833. The number of alkyl halides is 3. The summed E-state index contributed by atoms with van der Waals surface area (Å²) in [5, 5.41) is 2.65. The van der Waals surface area contributed by atoms with Crippen molar-refractivity contribution in [3.63, 3.8) is 0 Å². The predicted molar refractivity (Wildman–Crippen MR) is 68.3 cm³/mol. The minimum Gasteiger partial charge on any atom is -0.486 e. The lowest BCUT2D eigenvalue weighted by molar-refractivity contribution is -0.126. The number of nitrogens with one attached hydrogen (secondary N) is 1. The second-order valence-corrected chi connectivity index (χ2v) is 4.72. The van der Waals surface area contributed by atoms with Gasteiger partial charge in [-0.25, -0.2) is 0 Å². The van der Waals surface area contributed by atoms with E-state index in [0.29, 0.717) is 35.3 Å². The van der Waals surface area contributed by atoms with Crippen LogP contribution < -0.4 is 20.5 Å². The first kappa shape index (κ1) is 15.2. The highest BCUT2D eigenvalue weighted by molar-refractivity contribution is 6.32. The maximum atomic E-state index is 12.2. The first-order valence-corrected chi connectivity index (χ1v) is 6.38. The first-order valence-electron chi connectivity index (χ1n) is 6.00. The molecule has 1 aromatic carbocycles. The summed E-state index contributed by atoms with van der Waals surface area (Å²) in [6.07, 6.45) is -4.30. The molecule has 1 aliphatic heterocycles. The van der Waals surface area contributed by atoms with E-state index in [0.717, 1.165) is 0 Å². The summed E-state index contributed by atoms with van der Waals surface area (Å²) in [5.41, 5.74) is 6.05. The van der Waals surface area contributed by atoms with Gasteiger partial charge in [-0.05, 0) is 17.7 Å². The van der Waals surface area contributed by atoms with Gasteiger partial charge in [-0.15, -0.1) is 0 Å². The predicted octanol–water partition coefficient (Wildman–Crippen LogP) is 2.26. The van der Waals surface area contributed by atoms with Crippen LogP contribution in [0.15, 0.2) is 12.1 Å². The van der Waals surface area contributed by atoms with Crippen LogP contribution in [0.5, 0.6) is 11.5 Å². The van der Waals surface area contributed by atoms with Crippen LogP contribution in [0.1, 0.15) is 11.6 Å². The number of rotatable bonds is 4. The lowest BCUT2D eigenvalue weighted by atomic mass is 10.1. The number of benzene rings is 1.